The first-order valence-corrected chi connectivity index (χ1v) is 5.16. The van der Waals surface area contributed by atoms with Crippen molar-refractivity contribution in [3.8, 4) is 0 Å². The van der Waals surface area contributed by atoms with E-state index in [0.717, 1.165) is 5.56 Å². The van der Waals surface area contributed by atoms with Crippen molar-refractivity contribution in [2.24, 2.45) is 0 Å². The molecular weight excluding hydrogens is 221 g/mol. The lowest BCUT2D eigenvalue weighted by atomic mass is 10.2. The van der Waals surface area contributed by atoms with E-state index in [0.29, 0.717) is 16.6 Å². The number of hydrogen-bond acceptors (Lipinski definition) is 2. The van der Waals surface area contributed by atoms with Gasteiger partial charge in [0.2, 0.25) is 0 Å². The Labute approximate surface area is 93.8 Å². The van der Waals surface area contributed by atoms with Crippen LogP contribution in [0.5, 0.6) is 0 Å². The van der Waals surface area contributed by atoms with Gasteiger partial charge in [-0.25, -0.2) is 0 Å². The molecule has 0 aromatic heterocycles. The summed E-state index contributed by atoms with van der Waals surface area (Å²) in [7, 11) is 0. The van der Waals surface area contributed by atoms with Crippen molar-refractivity contribution in [2.45, 2.75) is 19.5 Å². The lowest BCUT2D eigenvalue weighted by Crippen LogP contribution is -2.28. The van der Waals surface area contributed by atoms with Crippen molar-refractivity contribution >= 4 is 23.2 Å². The maximum Gasteiger partial charge on any atom is 0.0582 e. The van der Waals surface area contributed by atoms with Gasteiger partial charge in [-0.15, -0.1) is 0 Å². The SMILES string of the molecule is C[C@H](CO)NCc1cc(Cl)cc(Cl)c1. The van der Waals surface area contributed by atoms with E-state index >= 15 is 0 Å². The summed E-state index contributed by atoms with van der Waals surface area (Å²) in [5.74, 6) is 0. The molecule has 0 heterocycles. The van der Waals surface area contributed by atoms with Gasteiger partial charge in [-0.2, -0.15) is 0 Å². The summed E-state index contributed by atoms with van der Waals surface area (Å²) in [6.07, 6.45) is 0. The van der Waals surface area contributed by atoms with Crippen LogP contribution in [0.1, 0.15) is 12.5 Å². The molecule has 0 bridgehead atoms. The Kier molecular flexibility index (Phi) is 4.69. The molecule has 1 rings (SSSR count). The van der Waals surface area contributed by atoms with Gasteiger partial charge in [0.05, 0.1) is 6.61 Å². The van der Waals surface area contributed by atoms with Crippen molar-refractivity contribution in [1.29, 1.82) is 0 Å². The molecule has 0 saturated carbocycles. The molecule has 0 aliphatic carbocycles. The van der Waals surface area contributed by atoms with E-state index in [-0.39, 0.29) is 12.6 Å². The van der Waals surface area contributed by atoms with Gasteiger partial charge in [-0.1, -0.05) is 23.2 Å². The Morgan fingerprint density at radius 1 is 1.29 bits per heavy atom. The highest BCUT2D eigenvalue weighted by Crippen LogP contribution is 2.18. The van der Waals surface area contributed by atoms with E-state index in [1.54, 1.807) is 6.07 Å². The summed E-state index contributed by atoms with van der Waals surface area (Å²) in [5, 5.41) is 13.2. The van der Waals surface area contributed by atoms with Crippen molar-refractivity contribution in [1.82, 2.24) is 5.32 Å². The lowest BCUT2D eigenvalue weighted by Gasteiger charge is -2.10. The molecular formula is C10H13Cl2NO. The van der Waals surface area contributed by atoms with E-state index in [2.05, 4.69) is 5.32 Å². The molecule has 4 heteroatoms. The number of aliphatic hydroxyl groups excluding tert-OH is 1. The molecule has 0 fully saturated rings. The minimum absolute atomic E-state index is 0.0766. The summed E-state index contributed by atoms with van der Waals surface area (Å²) in [5.41, 5.74) is 1.02. The number of halogens is 2. The fraction of sp³-hybridized carbons (Fsp3) is 0.400. The van der Waals surface area contributed by atoms with Gasteiger partial charge in [0, 0.05) is 22.6 Å². The maximum absolute atomic E-state index is 8.81. The predicted molar refractivity (Wildman–Crippen MR) is 59.8 cm³/mol. The summed E-state index contributed by atoms with van der Waals surface area (Å²) in [6.45, 7) is 2.68. The summed E-state index contributed by atoms with van der Waals surface area (Å²) in [4.78, 5) is 0. The number of nitrogens with one attached hydrogen (secondary N) is 1. The Morgan fingerprint density at radius 3 is 2.36 bits per heavy atom. The first-order chi connectivity index (χ1) is 6.61. The molecule has 0 unspecified atom stereocenters. The highest BCUT2D eigenvalue weighted by atomic mass is 35.5. The zero-order valence-corrected chi connectivity index (χ0v) is 9.44. The van der Waals surface area contributed by atoms with Crippen LogP contribution in [0.25, 0.3) is 0 Å². The van der Waals surface area contributed by atoms with E-state index < -0.39 is 0 Å². The van der Waals surface area contributed by atoms with Crippen molar-refractivity contribution < 1.29 is 5.11 Å². The number of hydrogen-bond donors (Lipinski definition) is 2. The van der Waals surface area contributed by atoms with Crippen LogP contribution in [-0.4, -0.2) is 17.8 Å². The van der Waals surface area contributed by atoms with Crippen LogP contribution in [0.4, 0.5) is 0 Å². The summed E-state index contributed by atoms with van der Waals surface area (Å²) < 4.78 is 0. The van der Waals surface area contributed by atoms with Crippen molar-refractivity contribution in [3.63, 3.8) is 0 Å². The van der Waals surface area contributed by atoms with Crippen molar-refractivity contribution in [3.05, 3.63) is 33.8 Å². The lowest BCUT2D eigenvalue weighted by molar-refractivity contribution is 0.251. The standard InChI is InChI=1S/C10H13Cl2NO/c1-7(6-14)13-5-8-2-9(11)4-10(12)3-8/h2-4,7,13-14H,5-6H2,1H3/t7-/m1/s1. The van der Waals surface area contributed by atoms with Crippen LogP contribution in [0.15, 0.2) is 18.2 Å². The van der Waals surface area contributed by atoms with E-state index in [4.69, 9.17) is 28.3 Å². The fourth-order valence-corrected chi connectivity index (χ4v) is 1.64. The second kappa shape index (κ2) is 5.56. The fourth-order valence-electron chi connectivity index (χ4n) is 1.07. The third kappa shape index (κ3) is 3.84. The zero-order valence-electron chi connectivity index (χ0n) is 7.93. The Balaban J connectivity index is 2.58. The van der Waals surface area contributed by atoms with Gasteiger partial charge in [-0.3, -0.25) is 0 Å². The molecule has 1 aromatic carbocycles. The van der Waals surface area contributed by atoms with Gasteiger partial charge < -0.3 is 10.4 Å². The number of rotatable bonds is 4. The monoisotopic (exact) mass is 233 g/mol. The minimum atomic E-state index is 0.0766. The topological polar surface area (TPSA) is 32.3 Å². The molecule has 1 aromatic rings. The summed E-state index contributed by atoms with van der Waals surface area (Å²) >= 11 is 11.7. The maximum atomic E-state index is 8.81. The predicted octanol–water partition coefficient (Wildman–Crippen LogP) is 2.46. The largest absolute Gasteiger partial charge is 0.395 e. The molecule has 0 aliphatic heterocycles. The second-order valence-corrected chi connectivity index (χ2v) is 4.12. The highest BCUT2D eigenvalue weighted by Gasteiger charge is 2.01. The van der Waals surface area contributed by atoms with E-state index in [1.807, 2.05) is 19.1 Å². The van der Waals surface area contributed by atoms with Crippen LogP contribution >= 0.6 is 23.2 Å². The minimum Gasteiger partial charge on any atom is -0.395 e. The number of benzene rings is 1. The van der Waals surface area contributed by atoms with Gasteiger partial charge in [0.1, 0.15) is 0 Å². The van der Waals surface area contributed by atoms with Crippen LogP contribution < -0.4 is 5.32 Å². The Bertz CT molecular complexity index is 284. The third-order valence-electron chi connectivity index (χ3n) is 1.85. The molecule has 0 aliphatic rings. The van der Waals surface area contributed by atoms with Crippen LogP contribution in [0, 0.1) is 0 Å². The van der Waals surface area contributed by atoms with E-state index in [1.165, 1.54) is 0 Å². The third-order valence-corrected chi connectivity index (χ3v) is 2.29. The van der Waals surface area contributed by atoms with Crippen molar-refractivity contribution in [2.75, 3.05) is 6.61 Å². The normalized spacial score (nSPS) is 12.9. The molecule has 14 heavy (non-hydrogen) atoms. The molecule has 0 radical (unpaired) electrons. The highest BCUT2D eigenvalue weighted by molar-refractivity contribution is 6.34. The smallest absolute Gasteiger partial charge is 0.0582 e. The molecule has 1 atom stereocenters. The average Bonchev–Trinajstić information content (AvgIpc) is 2.12. The van der Waals surface area contributed by atoms with E-state index in [9.17, 15) is 0 Å². The van der Waals surface area contributed by atoms with Gasteiger partial charge in [0.25, 0.3) is 0 Å². The van der Waals surface area contributed by atoms with Gasteiger partial charge in [-0.05, 0) is 30.7 Å². The molecule has 0 spiro atoms. The first-order valence-electron chi connectivity index (χ1n) is 4.41. The quantitative estimate of drug-likeness (QED) is 0.838. The molecule has 2 nitrogen and oxygen atoms in total. The average molecular weight is 234 g/mol. The van der Waals surface area contributed by atoms with Crippen LogP contribution in [0.3, 0.4) is 0 Å². The molecule has 78 valence electrons. The second-order valence-electron chi connectivity index (χ2n) is 3.24. The van der Waals surface area contributed by atoms with Crippen LogP contribution in [-0.2, 0) is 6.54 Å². The Hall–Kier alpha value is -0.280. The summed E-state index contributed by atoms with van der Waals surface area (Å²) in [6, 6.07) is 5.48. The molecule has 0 saturated heterocycles. The zero-order chi connectivity index (χ0) is 10.6. The number of aliphatic hydroxyl groups is 1. The van der Waals surface area contributed by atoms with Crippen LogP contribution in [0.2, 0.25) is 10.0 Å². The first kappa shape index (κ1) is 11.8. The Morgan fingerprint density at radius 2 is 1.86 bits per heavy atom. The van der Waals surface area contributed by atoms with Gasteiger partial charge >= 0.3 is 0 Å². The van der Waals surface area contributed by atoms with Gasteiger partial charge in [0.15, 0.2) is 0 Å². The molecule has 2 N–H and O–H groups in total. The molecule has 0 amide bonds.